The van der Waals surface area contributed by atoms with Gasteiger partial charge in [-0.1, -0.05) is 46.8 Å². The molecular formula is C48H78N8O15. The number of aliphatic hydroxyl groups excluding tert-OH is 1. The van der Waals surface area contributed by atoms with Crippen molar-refractivity contribution in [1.29, 1.82) is 0 Å². The molecule has 6 amide bonds. The monoisotopic (exact) mass is 1010 g/mol. The molecule has 4 fully saturated rings. The number of cyclic esters (lactones) is 1. The number of hydrazine groups is 2. The van der Waals surface area contributed by atoms with E-state index in [2.05, 4.69) is 21.5 Å². The zero-order valence-corrected chi connectivity index (χ0v) is 43.2. The van der Waals surface area contributed by atoms with E-state index in [9.17, 15) is 54.1 Å². The molecule has 71 heavy (non-hydrogen) atoms. The Hall–Kier alpha value is -4.88. The fraction of sp³-hybridized carbons (Fsp3) is 0.750. The minimum absolute atomic E-state index is 0.0792. The lowest BCUT2D eigenvalue weighted by molar-refractivity contribution is -0.325. The number of ketones is 1. The maximum absolute atomic E-state index is 15.3. The van der Waals surface area contributed by atoms with Crippen molar-refractivity contribution in [3.8, 4) is 0 Å². The van der Waals surface area contributed by atoms with Crippen molar-refractivity contribution in [2.45, 2.75) is 180 Å². The summed E-state index contributed by atoms with van der Waals surface area (Å²) in [7, 11) is 2.47. The Labute approximate surface area is 415 Å². The highest BCUT2D eigenvalue weighted by molar-refractivity contribution is 5.98. The first-order valence-corrected chi connectivity index (χ1v) is 24.6. The van der Waals surface area contributed by atoms with Crippen LogP contribution in [-0.2, 0) is 52.6 Å². The van der Waals surface area contributed by atoms with Gasteiger partial charge in [0.15, 0.2) is 23.5 Å². The van der Waals surface area contributed by atoms with E-state index in [-0.39, 0.29) is 62.0 Å². The van der Waals surface area contributed by atoms with Gasteiger partial charge in [-0.15, -0.1) is 0 Å². The Morgan fingerprint density at radius 1 is 0.944 bits per heavy atom. The zero-order valence-electron chi connectivity index (χ0n) is 43.2. The van der Waals surface area contributed by atoms with E-state index < -0.39 is 132 Å². The number of esters is 1. The van der Waals surface area contributed by atoms with Gasteiger partial charge in [-0.2, -0.15) is 0 Å². The minimum Gasteiger partial charge on any atom is -0.458 e. The molecule has 23 nitrogen and oxygen atoms in total. The first kappa shape index (κ1) is 58.7. The van der Waals surface area contributed by atoms with Crippen LogP contribution in [0.25, 0.3) is 0 Å². The van der Waals surface area contributed by atoms with Gasteiger partial charge < -0.3 is 45.1 Å². The largest absolute Gasteiger partial charge is 0.458 e. The molecule has 400 valence electrons. The number of methoxy groups -OCH3 is 1. The lowest BCUT2D eigenvalue weighted by atomic mass is 9.78. The van der Waals surface area contributed by atoms with E-state index >= 15 is 4.79 Å². The second kappa shape index (κ2) is 24.7. The van der Waals surface area contributed by atoms with Gasteiger partial charge in [0.2, 0.25) is 11.7 Å². The molecule has 0 unspecified atom stereocenters. The normalized spacial score (nSPS) is 32.4. The fourth-order valence-electron chi connectivity index (χ4n) is 9.52. The molecule has 0 spiro atoms. The van der Waals surface area contributed by atoms with Gasteiger partial charge in [-0.25, -0.2) is 20.7 Å². The Balaban J connectivity index is 1.87. The highest BCUT2D eigenvalue weighted by atomic mass is 16.7. The number of aliphatic hydroxyl groups is 3. The molecule has 4 aliphatic heterocycles. The van der Waals surface area contributed by atoms with Gasteiger partial charge in [-0.3, -0.25) is 48.8 Å². The number of amides is 6. The van der Waals surface area contributed by atoms with Crippen molar-refractivity contribution < 1.29 is 73.1 Å². The summed E-state index contributed by atoms with van der Waals surface area (Å²) in [6.07, 6.45) is -0.710. The summed E-state index contributed by atoms with van der Waals surface area (Å²) in [6, 6.07) is -9.79. The number of carbonyl (C=O) groups is 8. The Morgan fingerprint density at radius 3 is 2.08 bits per heavy atom. The van der Waals surface area contributed by atoms with Crippen LogP contribution in [0.5, 0.6) is 0 Å². The summed E-state index contributed by atoms with van der Waals surface area (Å²) >= 11 is 0. The molecule has 0 aromatic carbocycles. The third kappa shape index (κ3) is 12.7. The van der Waals surface area contributed by atoms with E-state index in [4.69, 9.17) is 14.2 Å². The summed E-state index contributed by atoms with van der Waals surface area (Å²) in [6.45, 7) is 15.5. The predicted molar refractivity (Wildman–Crippen MR) is 253 cm³/mol. The first-order valence-electron chi connectivity index (χ1n) is 24.6. The summed E-state index contributed by atoms with van der Waals surface area (Å²) in [5, 5.41) is 54.4. The Morgan fingerprint density at radius 2 is 1.54 bits per heavy atom. The van der Waals surface area contributed by atoms with E-state index in [1.165, 1.54) is 48.8 Å². The molecule has 13 atom stereocenters. The topological polar surface area (TPSA) is 306 Å². The van der Waals surface area contributed by atoms with Crippen LogP contribution in [0.15, 0.2) is 23.3 Å². The molecule has 4 aliphatic rings. The number of ether oxygens (including phenoxy) is 3. The van der Waals surface area contributed by atoms with Crippen molar-refractivity contribution in [2.75, 3.05) is 33.9 Å². The van der Waals surface area contributed by atoms with Crippen LogP contribution in [0.4, 0.5) is 0 Å². The van der Waals surface area contributed by atoms with Crippen molar-refractivity contribution >= 4 is 47.2 Å². The van der Waals surface area contributed by atoms with E-state index in [1.807, 2.05) is 6.92 Å². The third-order valence-electron chi connectivity index (χ3n) is 14.3. The molecule has 0 aromatic heterocycles. The molecular weight excluding hydrogens is 929 g/mol. The van der Waals surface area contributed by atoms with Gasteiger partial charge in [0, 0.05) is 39.6 Å². The fourth-order valence-corrected chi connectivity index (χ4v) is 9.52. The number of nitrogens with zero attached hydrogens (tertiary/aromatic N) is 4. The maximum Gasteiger partial charge on any atom is 0.331 e. The second-order valence-corrected chi connectivity index (χ2v) is 19.7. The van der Waals surface area contributed by atoms with Gasteiger partial charge >= 0.3 is 5.97 Å². The molecule has 0 bridgehead atoms. The summed E-state index contributed by atoms with van der Waals surface area (Å²) in [4.78, 5) is 115. The third-order valence-corrected chi connectivity index (χ3v) is 14.3. The van der Waals surface area contributed by atoms with Crippen molar-refractivity contribution in [2.24, 2.45) is 17.8 Å². The minimum atomic E-state index is -2.82. The van der Waals surface area contributed by atoms with Crippen LogP contribution < -0.4 is 21.5 Å². The average Bonchev–Trinajstić information content (AvgIpc) is 3.35. The summed E-state index contributed by atoms with van der Waals surface area (Å²) < 4.78 is 17.5. The van der Waals surface area contributed by atoms with Crippen LogP contribution in [0, 0.1) is 17.8 Å². The van der Waals surface area contributed by atoms with E-state index in [0.29, 0.717) is 17.6 Å². The number of likely N-dealkylation sites (N-methyl/N-ethyl adjacent to an activating group) is 1. The number of carbonyl (C=O) groups excluding carboxylic acids is 8. The Bertz CT molecular complexity index is 2050. The van der Waals surface area contributed by atoms with E-state index in [1.54, 1.807) is 39.8 Å². The molecule has 0 aliphatic carbocycles. The molecule has 0 aromatic rings. The van der Waals surface area contributed by atoms with Crippen molar-refractivity contribution in [3.63, 3.8) is 0 Å². The highest BCUT2D eigenvalue weighted by Crippen LogP contribution is 2.42. The van der Waals surface area contributed by atoms with Crippen LogP contribution in [0.3, 0.4) is 0 Å². The van der Waals surface area contributed by atoms with Crippen LogP contribution >= 0.6 is 0 Å². The number of nitrogens with one attached hydrogen (secondary N) is 4. The van der Waals surface area contributed by atoms with Crippen LogP contribution in [-0.4, -0.2) is 188 Å². The van der Waals surface area contributed by atoms with Crippen molar-refractivity contribution in [3.05, 3.63) is 23.3 Å². The Kier molecular flexibility index (Phi) is 20.4. The number of Topliss-reactive ketones (excluding diaryl/α,β-unsaturated/α-hetero) is 1. The number of fused-ring (bicyclic) bond motifs is 2. The number of hydroxylamine groups is 2. The summed E-state index contributed by atoms with van der Waals surface area (Å²) in [5.74, 6) is -12.0. The maximum atomic E-state index is 15.3. The molecule has 23 heteroatoms. The SMILES string of the molecule is C/C=C(\C)C(=O)[C@@H](C)/C=C(\C)[C@H]1O[C@@](O)([C@](O)(CC)C(=O)N[C@@H]2C(=O)N3NCCC[C@@H]3C(=O)N(O)[C@@H](COC)C(=O)N(C)[C@H](C)C(=O)N3NCCC[C@@H]3C(=O)N[C@H]([C@H](C)O)C(=O)O[C@H]2C(C)C)CC[C@@H]1C. The standard InChI is InChI=1S/C48H78N8O15/c1-13-26(5)37(58)28(7)23-29(8)39-27(6)19-20-48(67,71-39)47(66,14-2)46(65)52-36-38(25(3)4)70-45(64)35(31(10)57)51-40(59)32-17-15-21-49-54(32)41(60)30(9)53(11)42(61)34(24-69-12)56(68)43(62)33-18-16-22-50-55(33)44(36)63/h13,23,25,27-28,30-36,38-39,49-50,57,66-68H,14-22,24H2,1-12H3,(H,51,59)(H,52,65)/b26-13+,29-23+/t27-,28-,30+,31-,32+,33+,34-,35+,36-,38-,39-,47-,48+/m0/s1. The number of allylic oxidation sites excluding steroid dienone is 3. The lowest BCUT2D eigenvalue weighted by Gasteiger charge is -2.49. The second-order valence-electron chi connectivity index (χ2n) is 19.7. The van der Waals surface area contributed by atoms with Crippen LogP contribution in [0.2, 0.25) is 0 Å². The number of hydrogen-bond donors (Lipinski definition) is 8. The van der Waals surface area contributed by atoms with Gasteiger partial charge in [-0.05, 0) is 96.1 Å². The molecule has 4 heterocycles. The lowest BCUT2D eigenvalue weighted by Crippen LogP contribution is -2.71. The highest BCUT2D eigenvalue weighted by Gasteiger charge is 2.59. The number of hydrogen-bond acceptors (Lipinski definition) is 17. The molecule has 4 rings (SSSR count). The van der Waals surface area contributed by atoms with Gasteiger partial charge in [0.25, 0.3) is 29.5 Å². The first-order chi connectivity index (χ1) is 33.2. The number of rotatable bonds is 12. The molecule has 0 radical (unpaired) electrons. The molecule has 4 saturated heterocycles. The van der Waals surface area contributed by atoms with E-state index in [0.717, 1.165) is 14.9 Å². The smallest absolute Gasteiger partial charge is 0.331 e. The quantitative estimate of drug-likeness (QED) is 0.0541. The van der Waals surface area contributed by atoms with Crippen LogP contribution in [0.1, 0.15) is 114 Å². The zero-order chi connectivity index (χ0) is 53.4. The average molecular weight is 1010 g/mol. The summed E-state index contributed by atoms with van der Waals surface area (Å²) in [5.41, 5.74) is 3.98. The predicted octanol–water partition coefficient (Wildman–Crippen LogP) is -0.248. The van der Waals surface area contributed by atoms with Gasteiger partial charge in [0.1, 0.15) is 30.3 Å². The molecule has 0 saturated carbocycles. The van der Waals surface area contributed by atoms with Gasteiger partial charge in [0.05, 0.1) is 18.8 Å². The van der Waals surface area contributed by atoms with Crippen molar-refractivity contribution in [1.82, 2.24) is 41.5 Å². The molecule has 8 N–H and O–H groups in total.